The van der Waals surface area contributed by atoms with Gasteiger partial charge in [0.05, 0.1) is 30.7 Å². The summed E-state index contributed by atoms with van der Waals surface area (Å²) in [5, 5.41) is 3.60. The molecule has 4 heterocycles. The van der Waals surface area contributed by atoms with E-state index in [0.29, 0.717) is 24.4 Å². The molecule has 2 aliphatic rings. The minimum Gasteiger partial charge on any atom is -0.486 e. The molecule has 0 N–H and O–H groups in total. The second kappa shape index (κ2) is 7.05. The monoisotopic (exact) mass is 390 g/mol. The molecule has 29 heavy (non-hydrogen) atoms. The summed E-state index contributed by atoms with van der Waals surface area (Å²) in [6.45, 7) is 0.591. The lowest BCUT2D eigenvalue weighted by molar-refractivity contribution is -0.122. The van der Waals surface area contributed by atoms with E-state index >= 15 is 0 Å². The number of para-hydroxylation sites is 2. The fourth-order valence-corrected chi connectivity index (χ4v) is 3.88. The Morgan fingerprint density at radius 2 is 1.97 bits per heavy atom. The van der Waals surface area contributed by atoms with Gasteiger partial charge in [0, 0.05) is 18.7 Å². The van der Waals surface area contributed by atoms with E-state index in [1.807, 2.05) is 42.5 Å². The van der Waals surface area contributed by atoms with Crippen LogP contribution >= 0.6 is 0 Å². The molecule has 2 bridgehead atoms. The van der Waals surface area contributed by atoms with Gasteiger partial charge in [0.15, 0.2) is 0 Å². The van der Waals surface area contributed by atoms with Crippen LogP contribution in [0.3, 0.4) is 0 Å². The summed E-state index contributed by atoms with van der Waals surface area (Å²) in [4.78, 5) is 34.0. The van der Waals surface area contributed by atoms with Gasteiger partial charge < -0.3 is 19.1 Å². The molecular formula is C21H18N4O4. The van der Waals surface area contributed by atoms with Crippen molar-refractivity contribution in [1.29, 1.82) is 0 Å². The number of pyridine rings is 1. The smallest absolute Gasteiger partial charge is 0.293 e. The Bertz CT molecular complexity index is 1040. The van der Waals surface area contributed by atoms with E-state index in [4.69, 9.17) is 9.26 Å². The van der Waals surface area contributed by atoms with Gasteiger partial charge in [-0.15, -0.1) is 0 Å². The molecule has 146 valence electrons. The Morgan fingerprint density at radius 3 is 2.76 bits per heavy atom. The maximum Gasteiger partial charge on any atom is 0.293 e. The molecule has 0 radical (unpaired) electrons. The third-order valence-corrected chi connectivity index (χ3v) is 5.22. The molecule has 0 saturated carbocycles. The largest absolute Gasteiger partial charge is 0.486 e. The number of likely N-dealkylation sites (tertiary alicyclic amines) is 1. The van der Waals surface area contributed by atoms with Gasteiger partial charge in [-0.1, -0.05) is 23.4 Å². The van der Waals surface area contributed by atoms with Crippen LogP contribution in [-0.4, -0.2) is 45.5 Å². The number of carbonyl (C=O) groups excluding carboxylic acids is 2. The zero-order valence-corrected chi connectivity index (χ0v) is 15.5. The lowest BCUT2D eigenvalue weighted by atomic mass is 10.1. The van der Waals surface area contributed by atoms with Crippen LogP contribution in [0.15, 0.2) is 65.4 Å². The average molecular weight is 390 g/mol. The third-order valence-electron chi connectivity index (χ3n) is 5.22. The van der Waals surface area contributed by atoms with Gasteiger partial charge in [0.1, 0.15) is 17.9 Å². The van der Waals surface area contributed by atoms with Crippen molar-refractivity contribution in [1.82, 2.24) is 15.0 Å². The molecule has 0 spiro atoms. The lowest BCUT2D eigenvalue weighted by Gasteiger charge is -2.31. The van der Waals surface area contributed by atoms with Crippen molar-refractivity contribution in [3.8, 4) is 5.75 Å². The third kappa shape index (κ3) is 3.12. The van der Waals surface area contributed by atoms with Gasteiger partial charge in [-0.05, 0) is 24.3 Å². The number of aromatic nitrogens is 2. The van der Waals surface area contributed by atoms with Crippen LogP contribution in [0.2, 0.25) is 0 Å². The Balaban J connectivity index is 1.54. The molecule has 2 aromatic heterocycles. The summed E-state index contributed by atoms with van der Waals surface area (Å²) >= 11 is 0. The van der Waals surface area contributed by atoms with Crippen molar-refractivity contribution in [2.45, 2.75) is 25.1 Å². The summed E-state index contributed by atoms with van der Waals surface area (Å²) in [7, 11) is 0. The second-order valence-electron chi connectivity index (χ2n) is 7.04. The highest BCUT2D eigenvalue weighted by atomic mass is 16.5. The lowest BCUT2D eigenvalue weighted by Crippen LogP contribution is -2.47. The van der Waals surface area contributed by atoms with Crippen molar-refractivity contribution < 1.29 is 18.8 Å². The molecule has 2 aliphatic heterocycles. The minimum atomic E-state index is -0.644. The van der Waals surface area contributed by atoms with Crippen LogP contribution in [0.1, 0.15) is 22.7 Å². The summed E-state index contributed by atoms with van der Waals surface area (Å²) in [5.74, 6) is 0.197. The van der Waals surface area contributed by atoms with E-state index in [9.17, 15) is 9.59 Å². The van der Waals surface area contributed by atoms with Gasteiger partial charge in [0.25, 0.3) is 5.91 Å². The number of fused-ring (bicyclic) bond motifs is 3. The Labute approximate surface area is 166 Å². The Kier molecular flexibility index (Phi) is 4.23. The molecule has 3 aromatic rings. The predicted octanol–water partition coefficient (Wildman–Crippen LogP) is 2.28. The molecule has 8 heteroatoms. The normalized spacial score (nSPS) is 20.6. The quantitative estimate of drug-likeness (QED) is 0.682. The molecule has 1 fully saturated rings. The maximum absolute atomic E-state index is 13.6. The van der Waals surface area contributed by atoms with E-state index in [0.717, 1.165) is 5.69 Å². The van der Waals surface area contributed by atoms with E-state index < -0.39 is 6.04 Å². The van der Waals surface area contributed by atoms with Crippen LogP contribution < -0.4 is 9.64 Å². The van der Waals surface area contributed by atoms with E-state index in [1.165, 1.54) is 17.2 Å². The molecule has 2 amide bonds. The highest BCUT2D eigenvalue weighted by Gasteiger charge is 2.45. The molecule has 2 atom stereocenters. The van der Waals surface area contributed by atoms with Crippen LogP contribution in [-0.2, 0) is 11.3 Å². The fraction of sp³-hybridized carbons (Fsp3) is 0.238. The van der Waals surface area contributed by atoms with Crippen molar-refractivity contribution in [2.75, 3.05) is 11.4 Å². The number of hydrogen-bond donors (Lipinski definition) is 0. The number of ether oxygens (including phenoxy) is 1. The van der Waals surface area contributed by atoms with Crippen molar-refractivity contribution in [2.24, 2.45) is 0 Å². The zero-order chi connectivity index (χ0) is 19.8. The molecular weight excluding hydrogens is 372 g/mol. The number of amides is 2. The first-order valence-corrected chi connectivity index (χ1v) is 9.39. The Morgan fingerprint density at radius 1 is 1.10 bits per heavy atom. The summed E-state index contributed by atoms with van der Waals surface area (Å²) in [6, 6.07) is 13.9. The highest BCUT2D eigenvalue weighted by molar-refractivity contribution is 6.03. The molecule has 2 unspecified atom stereocenters. The first kappa shape index (κ1) is 17.4. The SMILES string of the molecule is O=C1C2CC(CN2C(=O)c2ccno2)Oc2ccccc2N1Cc1ccccn1. The first-order valence-electron chi connectivity index (χ1n) is 9.39. The summed E-state index contributed by atoms with van der Waals surface area (Å²) in [6.07, 6.45) is 3.26. The van der Waals surface area contributed by atoms with Gasteiger partial charge in [-0.3, -0.25) is 14.6 Å². The fourth-order valence-electron chi connectivity index (χ4n) is 3.88. The first-order chi connectivity index (χ1) is 14.2. The van der Waals surface area contributed by atoms with Crippen molar-refractivity contribution in [3.05, 3.63) is 72.4 Å². The van der Waals surface area contributed by atoms with Crippen molar-refractivity contribution in [3.63, 3.8) is 0 Å². The van der Waals surface area contributed by atoms with Gasteiger partial charge >= 0.3 is 0 Å². The number of rotatable bonds is 3. The van der Waals surface area contributed by atoms with E-state index in [1.54, 1.807) is 11.1 Å². The van der Waals surface area contributed by atoms with Gasteiger partial charge in [-0.25, -0.2) is 0 Å². The number of benzene rings is 1. The molecule has 1 saturated heterocycles. The number of nitrogens with zero attached hydrogens (tertiary/aromatic N) is 4. The number of carbonyl (C=O) groups is 2. The van der Waals surface area contributed by atoms with Crippen molar-refractivity contribution >= 4 is 17.5 Å². The van der Waals surface area contributed by atoms with Gasteiger partial charge in [-0.2, -0.15) is 0 Å². The van der Waals surface area contributed by atoms with Crippen LogP contribution in [0.25, 0.3) is 0 Å². The topological polar surface area (TPSA) is 88.8 Å². The van der Waals surface area contributed by atoms with Crippen LogP contribution in [0.4, 0.5) is 5.69 Å². The molecule has 8 nitrogen and oxygen atoms in total. The summed E-state index contributed by atoms with van der Waals surface area (Å²) in [5.41, 5.74) is 1.42. The average Bonchev–Trinajstić information content (AvgIpc) is 3.42. The standard InChI is InChI=1S/C21H18N4O4/c26-20-17-11-15(13-25(17)21(27)19-8-10-23-29-19)28-18-7-2-1-6-16(18)24(20)12-14-5-3-4-9-22-14/h1-10,15,17H,11-13H2. The highest BCUT2D eigenvalue weighted by Crippen LogP contribution is 2.37. The predicted molar refractivity (Wildman–Crippen MR) is 102 cm³/mol. The number of hydrogen-bond acceptors (Lipinski definition) is 6. The second-order valence-corrected chi connectivity index (χ2v) is 7.04. The Hall–Kier alpha value is -3.68. The number of anilines is 1. The van der Waals surface area contributed by atoms with E-state index in [2.05, 4.69) is 10.1 Å². The zero-order valence-electron chi connectivity index (χ0n) is 15.5. The minimum absolute atomic E-state index is 0.108. The molecule has 5 rings (SSSR count). The van der Waals surface area contributed by atoms with E-state index in [-0.39, 0.29) is 30.2 Å². The maximum atomic E-state index is 13.6. The van der Waals surface area contributed by atoms with Gasteiger partial charge in [0.2, 0.25) is 11.7 Å². The molecule has 0 aliphatic carbocycles. The molecule has 1 aromatic carbocycles. The summed E-state index contributed by atoms with van der Waals surface area (Å²) < 4.78 is 11.2. The van der Waals surface area contributed by atoms with Crippen LogP contribution in [0.5, 0.6) is 5.75 Å². The van der Waals surface area contributed by atoms with Crippen LogP contribution in [0, 0.1) is 0 Å².